The first kappa shape index (κ1) is 19.8. The van der Waals surface area contributed by atoms with Gasteiger partial charge in [-0.25, -0.2) is 4.79 Å². The maximum absolute atomic E-state index is 12.2. The van der Waals surface area contributed by atoms with Gasteiger partial charge in [-0.1, -0.05) is 29.4 Å². The maximum atomic E-state index is 12.2. The van der Waals surface area contributed by atoms with Gasteiger partial charge in [0.25, 0.3) is 5.78 Å². The Kier molecular flexibility index (Phi) is 6.40. The maximum Gasteiger partial charge on any atom is 0.441 e. The first-order valence-electron chi connectivity index (χ1n) is 7.92. The highest BCUT2D eigenvalue weighted by Crippen LogP contribution is 2.22. The number of ketones is 1. The number of carbonyl (C=O) groups excluding carboxylic acids is 3. The van der Waals surface area contributed by atoms with E-state index in [9.17, 15) is 19.5 Å². The molecule has 3 atom stereocenters. The van der Waals surface area contributed by atoms with E-state index < -0.39 is 41.4 Å². The van der Waals surface area contributed by atoms with Gasteiger partial charge in [-0.05, 0) is 18.0 Å². The van der Waals surface area contributed by atoms with Crippen LogP contribution in [0.4, 0.5) is 5.69 Å². The third-order valence-electron chi connectivity index (χ3n) is 4.01. The molecule has 2 rings (SSSR count). The number of benzene rings is 1. The third-order valence-corrected chi connectivity index (χ3v) is 4.01. The van der Waals surface area contributed by atoms with Crippen LogP contribution in [0.25, 0.3) is 16.0 Å². The number of rotatable bonds is 8. The van der Waals surface area contributed by atoms with E-state index in [1.54, 1.807) is 12.1 Å². The molecule has 11 nitrogen and oxygen atoms in total. The molecule has 0 radical (unpaired) electrons. The van der Waals surface area contributed by atoms with Crippen LogP contribution in [0.15, 0.2) is 29.4 Å². The van der Waals surface area contributed by atoms with Gasteiger partial charge < -0.3 is 20.7 Å². The van der Waals surface area contributed by atoms with Crippen molar-refractivity contribution in [2.75, 3.05) is 0 Å². The molecule has 0 spiro atoms. The van der Waals surface area contributed by atoms with Gasteiger partial charge >= 0.3 is 11.7 Å². The Labute approximate surface area is 153 Å². The highest BCUT2D eigenvalue weighted by molar-refractivity contribution is 6.62. The average Bonchev–Trinajstić information content (AvgIpc) is 2.60. The summed E-state index contributed by atoms with van der Waals surface area (Å²) in [4.78, 5) is 40.9. The van der Waals surface area contributed by atoms with Crippen molar-refractivity contribution in [3.63, 3.8) is 0 Å². The highest BCUT2D eigenvalue weighted by atomic mass is 16.5. The predicted molar refractivity (Wildman–Crippen MR) is 90.4 cm³/mol. The van der Waals surface area contributed by atoms with Crippen LogP contribution >= 0.6 is 0 Å². The monoisotopic (exact) mass is 372 g/mol. The van der Waals surface area contributed by atoms with Crippen molar-refractivity contribution in [3.05, 3.63) is 45.8 Å². The van der Waals surface area contributed by atoms with Gasteiger partial charge in [0.15, 0.2) is 0 Å². The largest absolute Gasteiger partial charge is 0.452 e. The molecule has 1 fully saturated rings. The van der Waals surface area contributed by atoms with E-state index in [1.807, 2.05) is 0 Å². The van der Waals surface area contributed by atoms with Gasteiger partial charge in [-0.3, -0.25) is 9.59 Å². The normalized spacial score (nSPS) is 18.8. The number of hydrogen-bond donors (Lipinski definition) is 2. The summed E-state index contributed by atoms with van der Waals surface area (Å²) in [6.07, 6.45) is -1.26. The summed E-state index contributed by atoms with van der Waals surface area (Å²) < 4.78 is 4.94. The minimum atomic E-state index is -1.12. The molecule has 1 aliphatic rings. The molecule has 1 aliphatic heterocycles. The number of Topliss-reactive ketones (excluding diaryl/α,β-unsaturated/α-hetero) is 1. The van der Waals surface area contributed by atoms with Crippen molar-refractivity contribution in [1.29, 1.82) is 0 Å². The Morgan fingerprint density at radius 2 is 2.00 bits per heavy atom. The number of nitrogens with zero attached hydrogens (tertiary/aromatic N) is 5. The molecular weight excluding hydrogens is 356 g/mol. The lowest BCUT2D eigenvalue weighted by molar-refractivity contribution is -0.144. The van der Waals surface area contributed by atoms with Crippen molar-refractivity contribution in [1.82, 2.24) is 5.32 Å². The molecule has 1 heterocycles. The van der Waals surface area contributed by atoms with Crippen LogP contribution in [0.3, 0.4) is 0 Å². The zero-order valence-corrected chi connectivity index (χ0v) is 14.3. The van der Waals surface area contributed by atoms with E-state index in [4.69, 9.17) is 15.8 Å². The number of aliphatic hydroxyl groups excluding tert-OH is 1. The Morgan fingerprint density at radius 1 is 1.33 bits per heavy atom. The van der Waals surface area contributed by atoms with Gasteiger partial charge in [0, 0.05) is 17.0 Å². The predicted octanol–water partition coefficient (Wildman–Crippen LogP) is 0.797. The zero-order chi connectivity index (χ0) is 20.0. The summed E-state index contributed by atoms with van der Waals surface area (Å²) in [5, 5.41) is 15.4. The second-order valence-electron chi connectivity index (χ2n) is 5.89. The summed E-state index contributed by atoms with van der Waals surface area (Å²) in [5.74, 6) is -3.10. The molecule has 11 heteroatoms. The lowest BCUT2D eigenvalue weighted by atomic mass is 9.82. The summed E-state index contributed by atoms with van der Waals surface area (Å²) >= 11 is 0. The number of nitrogens with one attached hydrogen (secondary N) is 1. The van der Waals surface area contributed by atoms with E-state index >= 15 is 0 Å². The topological polar surface area (TPSA) is 178 Å². The van der Waals surface area contributed by atoms with Crippen LogP contribution in [0.1, 0.15) is 18.9 Å². The fraction of sp³-hybridized carbons (Fsp3) is 0.375. The van der Waals surface area contributed by atoms with Crippen LogP contribution in [0.5, 0.6) is 0 Å². The standard InChI is InChI=1S/C16H16N6O5/c1-8(23)13-11(19-15(13)25)6-12(24)14(20-17)16(26)27-7-9-2-4-10(5-3-9)21-22-18/h2-5,8,11,13,23H,6-7H2,1H3,(H,19,25)/t8-,11-,13-/m1/s1. The highest BCUT2D eigenvalue weighted by Gasteiger charge is 2.45. The molecule has 1 amide bonds. The van der Waals surface area contributed by atoms with Crippen molar-refractivity contribution in [3.8, 4) is 0 Å². The lowest BCUT2D eigenvalue weighted by Crippen LogP contribution is -2.62. The van der Waals surface area contributed by atoms with Crippen LogP contribution in [0.2, 0.25) is 0 Å². The first-order chi connectivity index (χ1) is 12.9. The minimum absolute atomic E-state index is 0.196. The van der Waals surface area contributed by atoms with Crippen molar-refractivity contribution >= 4 is 29.1 Å². The molecule has 1 saturated heterocycles. The van der Waals surface area contributed by atoms with E-state index in [2.05, 4.69) is 20.1 Å². The molecule has 2 N–H and O–H groups in total. The summed E-state index contributed by atoms with van der Waals surface area (Å²) in [7, 11) is 0. The second kappa shape index (κ2) is 8.72. The number of carbonyl (C=O) groups is 3. The van der Waals surface area contributed by atoms with Gasteiger partial charge in [-0.2, -0.15) is 4.79 Å². The van der Waals surface area contributed by atoms with Gasteiger partial charge in [0.2, 0.25) is 5.91 Å². The molecule has 140 valence electrons. The molecule has 0 saturated carbocycles. The Balaban J connectivity index is 1.93. The summed E-state index contributed by atoms with van der Waals surface area (Å²) in [6, 6.07) is 5.51. The van der Waals surface area contributed by atoms with E-state index in [1.165, 1.54) is 19.1 Å². The van der Waals surface area contributed by atoms with Crippen LogP contribution < -0.4 is 5.32 Å². The Morgan fingerprint density at radius 3 is 2.52 bits per heavy atom. The van der Waals surface area contributed by atoms with E-state index in [0.29, 0.717) is 11.3 Å². The van der Waals surface area contributed by atoms with Gasteiger partial charge in [0.1, 0.15) is 6.61 Å². The molecule has 0 unspecified atom stereocenters. The second-order valence-corrected chi connectivity index (χ2v) is 5.89. The fourth-order valence-electron chi connectivity index (χ4n) is 2.62. The number of esters is 1. The number of aliphatic hydroxyl groups is 1. The lowest BCUT2D eigenvalue weighted by Gasteiger charge is -2.37. The smallest absolute Gasteiger partial charge is 0.441 e. The molecule has 0 aliphatic carbocycles. The molecule has 0 aromatic heterocycles. The summed E-state index contributed by atoms with van der Waals surface area (Å²) in [6.45, 7) is 1.22. The van der Waals surface area contributed by atoms with Crippen molar-refractivity contribution < 1.29 is 29.0 Å². The number of β-lactam (4-membered cyclic amide) rings is 1. The van der Waals surface area contributed by atoms with Crippen molar-refractivity contribution in [2.45, 2.75) is 32.1 Å². The molecule has 1 aromatic rings. The zero-order valence-electron chi connectivity index (χ0n) is 14.3. The van der Waals surface area contributed by atoms with Crippen LogP contribution in [-0.4, -0.2) is 45.4 Å². The fourth-order valence-corrected chi connectivity index (χ4v) is 2.62. The van der Waals surface area contributed by atoms with E-state index in [0.717, 1.165) is 0 Å². The molecular formula is C16H16N6O5. The van der Waals surface area contributed by atoms with Crippen molar-refractivity contribution in [2.24, 2.45) is 11.0 Å². The first-order valence-corrected chi connectivity index (χ1v) is 7.92. The average molecular weight is 372 g/mol. The van der Waals surface area contributed by atoms with Gasteiger partial charge in [0.05, 0.1) is 18.1 Å². The quantitative estimate of drug-likeness (QED) is 0.130. The SMILES string of the molecule is C[C@@H](O)[C@H]1C(=O)N[C@@H]1CC(=O)C(=[N+]=[N-])C(=O)OCc1ccc(N=[N+]=[N-])cc1. The third kappa shape index (κ3) is 4.77. The van der Waals surface area contributed by atoms with Crippen LogP contribution in [-0.2, 0) is 25.7 Å². The Bertz CT molecular complexity index is 853. The van der Waals surface area contributed by atoms with Gasteiger partial charge in [-0.15, -0.1) is 0 Å². The molecule has 1 aromatic carbocycles. The minimum Gasteiger partial charge on any atom is -0.452 e. The molecule has 27 heavy (non-hydrogen) atoms. The Hall–Kier alpha value is -3.52. The number of hydrogen-bond acceptors (Lipinski definition) is 6. The number of amides is 1. The molecule has 0 bridgehead atoms. The number of azide groups is 1. The van der Waals surface area contributed by atoms with E-state index in [-0.39, 0.29) is 13.0 Å². The van der Waals surface area contributed by atoms with Crippen LogP contribution in [0, 0.1) is 5.92 Å². The number of ether oxygens (including phenoxy) is 1. The summed E-state index contributed by atoms with van der Waals surface area (Å²) in [5.41, 5.74) is 17.5.